The van der Waals surface area contributed by atoms with Crippen molar-refractivity contribution in [2.24, 2.45) is 23.7 Å². The van der Waals surface area contributed by atoms with Gasteiger partial charge in [-0.25, -0.2) is 9.78 Å². The minimum atomic E-state index is -0.786. The SMILES string of the molecule is C[C@@H]1CCC2[C@@H](C)[C@@H](OC(=S)Nc3ccccc3)O[C@@H]3O[C@]4(C)CCC1[C@@]23OO4. The number of rotatable bonds is 2. The molecule has 4 aliphatic heterocycles. The minimum Gasteiger partial charge on any atom is -0.440 e. The Hall–Kier alpha value is -1.25. The topological polar surface area (TPSA) is 58.2 Å². The lowest BCUT2D eigenvalue weighted by molar-refractivity contribution is -0.576. The number of hydrogen-bond acceptors (Lipinski definition) is 6. The van der Waals surface area contributed by atoms with Crippen LogP contribution in [-0.2, 0) is 24.0 Å². The number of benzene rings is 1. The average Bonchev–Trinajstić information content (AvgIpc) is 2.93. The van der Waals surface area contributed by atoms with Gasteiger partial charge in [0.05, 0.1) is 0 Å². The van der Waals surface area contributed by atoms with Crippen molar-refractivity contribution in [1.29, 1.82) is 0 Å². The first-order chi connectivity index (χ1) is 13.9. The van der Waals surface area contributed by atoms with Gasteiger partial charge in [-0.15, -0.1) is 0 Å². The normalized spacial score (nSPS) is 45.8. The fraction of sp³-hybridized carbons (Fsp3) is 0.682. The third-order valence-corrected chi connectivity index (χ3v) is 7.54. The molecule has 5 aliphatic rings. The number of hydrogen-bond donors (Lipinski definition) is 1. The second kappa shape index (κ2) is 7.17. The Bertz CT molecular complexity index is 778. The van der Waals surface area contributed by atoms with Crippen LogP contribution in [0.1, 0.15) is 46.5 Å². The molecule has 1 N–H and O–H groups in total. The summed E-state index contributed by atoms with van der Waals surface area (Å²) in [4.78, 5) is 12.0. The molecule has 1 aliphatic carbocycles. The number of fused-ring (bicyclic) bond motifs is 2. The number of anilines is 1. The highest BCUT2D eigenvalue weighted by atomic mass is 32.1. The maximum Gasteiger partial charge on any atom is 0.263 e. The molecule has 8 atom stereocenters. The van der Waals surface area contributed by atoms with E-state index in [1.807, 2.05) is 37.3 Å². The van der Waals surface area contributed by atoms with Gasteiger partial charge in [0, 0.05) is 23.9 Å². The van der Waals surface area contributed by atoms with E-state index in [2.05, 4.69) is 19.2 Å². The Balaban J connectivity index is 1.39. The van der Waals surface area contributed by atoms with E-state index in [9.17, 15) is 0 Å². The molecule has 29 heavy (non-hydrogen) atoms. The molecule has 4 heterocycles. The summed E-state index contributed by atoms with van der Waals surface area (Å²) in [5, 5.41) is 3.43. The Morgan fingerprint density at radius 3 is 2.69 bits per heavy atom. The van der Waals surface area contributed by atoms with Crippen LogP contribution >= 0.6 is 12.2 Å². The van der Waals surface area contributed by atoms with Gasteiger partial charge in [0.15, 0.2) is 11.9 Å². The molecule has 0 amide bonds. The third-order valence-electron chi connectivity index (χ3n) is 7.34. The van der Waals surface area contributed by atoms with Crippen molar-refractivity contribution in [3.05, 3.63) is 30.3 Å². The van der Waals surface area contributed by atoms with Gasteiger partial charge >= 0.3 is 0 Å². The quantitative estimate of drug-likeness (QED) is 0.555. The molecular formula is C22H29NO5S. The number of nitrogens with one attached hydrogen (secondary N) is 1. The fourth-order valence-corrected chi connectivity index (χ4v) is 5.99. The lowest BCUT2D eigenvalue weighted by Gasteiger charge is -2.60. The highest BCUT2D eigenvalue weighted by Gasteiger charge is 2.69. The Morgan fingerprint density at radius 1 is 1.10 bits per heavy atom. The predicted molar refractivity (Wildman–Crippen MR) is 111 cm³/mol. The summed E-state index contributed by atoms with van der Waals surface area (Å²) < 4.78 is 18.8. The smallest absolute Gasteiger partial charge is 0.263 e. The van der Waals surface area contributed by atoms with E-state index < -0.39 is 24.0 Å². The Kier molecular flexibility index (Phi) is 4.87. The molecule has 0 aromatic heterocycles. The van der Waals surface area contributed by atoms with Crippen molar-refractivity contribution in [2.45, 2.75) is 70.4 Å². The molecule has 1 saturated carbocycles. The molecular weight excluding hydrogens is 390 g/mol. The maximum absolute atomic E-state index is 6.39. The lowest BCUT2D eigenvalue weighted by atomic mass is 9.58. The standard InChI is InChI=1S/C22H29NO5S/c1-13-9-10-17-14(2)18(25-20(29)23-15-7-5-4-6-8-15)24-19-22(17)16(13)11-12-21(3,26-19)27-28-22/h4-8,13-14,16-19H,9-12H2,1-3H3,(H,23,29)/t13-,14-,16?,17?,18-,19-,21+,22-/m1/s1. The van der Waals surface area contributed by atoms with Gasteiger partial charge in [-0.2, -0.15) is 0 Å². The van der Waals surface area contributed by atoms with E-state index in [0.717, 1.165) is 31.4 Å². The summed E-state index contributed by atoms with van der Waals surface area (Å²) in [6.45, 7) is 6.39. The molecule has 4 saturated heterocycles. The van der Waals surface area contributed by atoms with Crippen LogP contribution < -0.4 is 5.32 Å². The van der Waals surface area contributed by atoms with Gasteiger partial charge in [0.1, 0.15) is 0 Å². The summed E-state index contributed by atoms with van der Waals surface area (Å²) in [6, 6.07) is 9.75. The highest BCUT2D eigenvalue weighted by molar-refractivity contribution is 7.80. The predicted octanol–water partition coefficient (Wildman–Crippen LogP) is 4.61. The third kappa shape index (κ3) is 3.18. The van der Waals surface area contributed by atoms with Crippen molar-refractivity contribution in [3.63, 3.8) is 0 Å². The monoisotopic (exact) mass is 419 g/mol. The van der Waals surface area contributed by atoms with Crippen LogP contribution in [0.2, 0.25) is 0 Å². The molecule has 1 aromatic rings. The van der Waals surface area contributed by atoms with Crippen molar-refractivity contribution in [2.75, 3.05) is 5.32 Å². The Morgan fingerprint density at radius 2 is 1.90 bits per heavy atom. The summed E-state index contributed by atoms with van der Waals surface area (Å²) in [7, 11) is 0. The van der Waals surface area contributed by atoms with Crippen LogP contribution in [0, 0.1) is 23.7 Å². The van der Waals surface area contributed by atoms with Crippen molar-refractivity contribution in [1.82, 2.24) is 0 Å². The zero-order chi connectivity index (χ0) is 20.2. The summed E-state index contributed by atoms with van der Waals surface area (Å²) in [6.07, 6.45) is 2.97. The largest absolute Gasteiger partial charge is 0.440 e. The first kappa shape index (κ1) is 19.7. The van der Waals surface area contributed by atoms with Gasteiger partial charge in [-0.1, -0.05) is 32.0 Å². The minimum absolute atomic E-state index is 0.0893. The molecule has 2 bridgehead atoms. The van der Waals surface area contributed by atoms with E-state index in [0.29, 0.717) is 17.0 Å². The van der Waals surface area contributed by atoms with Crippen LogP contribution in [0.5, 0.6) is 0 Å². The summed E-state index contributed by atoms with van der Waals surface area (Å²) >= 11 is 5.45. The highest BCUT2D eigenvalue weighted by Crippen LogP contribution is 2.60. The molecule has 6 rings (SSSR count). The second-order valence-corrected chi connectivity index (χ2v) is 9.54. The van der Waals surface area contributed by atoms with Crippen molar-refractivity contribution >= 4 is 23.1 Å². The zero-order valence-corrected chi connectivity index (χ0v) is 17.9. The van der Waals surface area contributed by atoms with Crippen molar-refractivity contribution in [3.8, 4) is 0 Å². The lowest BCUT2D eigenvalue weighted by Crippen LogP contribution is -2.70. The summed E-state index contributed by atoms with van der Waals surface area (Å²) in [5.41, 5.74) is 0.305. The maximum atomic E-state index is 6.39. The first-order valence-corrected chi connectivity index (χ1v) is 11.0. The van der Waals surface area contributed by atoms with Gasteiger partial charge in [-0.3, -0.25) is 0 Å². The van der Waals surface area contributed by atoms with E-state index >= 15 is 0 Å². The zero-order valence-electron chi connectivity index (χ0n) is 17.1. The van der Waals surface area contributed by atoms with Gasteiger partial charge in [0.2, 0.25) is 12.1 Å². The van der Waals surface area contributed by atoms with Gasteiger partial charge in [-0.05, 0) is 62.4 Å². The summed E-state index contributed by atoms with van der Waals surface area (Å²) in [5.74, 6) is 0.399. The van der Waals surface area contributed by atoms with Gasteiger partial charge in [0.25, 0.3) is 5.17 Å². The van der Waals surface area contributed by atoms with Crippen LogP contribution in [0.25, 0.3) is 0 Å². The Labute approximate surface area is 177 Å². The van der Waals surface area contributed by atoms with Crippen LogP contribution in [0.3, 0.4) is 0 Å². The molecule has 1 aromatic carbocycles. The molecule has 7 heteroatoms. The molecule has 1 spiro atoms. The molecule has 2 unspecified atom stereocenters. The molecule has 5 fully saturated rings. The first-order valence-electron chi connectivity index (χ1n) is 10.6. The van der Waals surface area contributed by atoms with E-state index in [4.69, 9.17) is 36.2 Å². The van der Waals surface area contributed by atoms with E-state index in [1.165, 1.54) is 0 Å². The van der Waals surface area contributed by atoms with Crippen LogP contribution in [-0.4, -0.2) is 29.1 Å². The second-order valence-electron chi connectivity index (χ2n) is 9.17. The fourth-order valence-electron chi connectivity index (χ4n) is 5.78. The van der Waals surface area contributed by atoms with E-state index in [1.54, 1.807) is 0 Å². The number of para-hydroxylation sites is 1. The van der Waals surface area contributed by atoms with Gasteiger partial charge < -0.3 is 19.5 Å². The number of thiocarbonyl (C=S) groups is 1. The molecule has 158 valence electrons. The van der Waals surface area contributed by atoms with Crippen LogP contribution in [0.4, 0.5) is 5.69 Å². The molecule has 6 nitrogen and oxygen atoms in total. The van der Waals surface area contributed by atoms with Crippen LogP contribution in [0.15, 0.2) is 30.3 Å². The van der Waals surface area contributed by atoms with E-state index in [-0.39, 0.29) is 11.8 Å². The average molecular weight is 420 g/mol. The van der Waals surface area contributed by atoms with Crippen molar-refractivity contribution < 1.29 is 24.0 Å². The molecule has 0 radical (unpaired) electrons. The number of ether oxygens (including phenoxy) is 3.